The van der Waals surface area contributed by atoms with Gasteiger partial charge in [-0.05, 0) is 0 Å². The molecule has 0 aliphatic rings. The summed E-state index contributed by atoms with van der Waals surface area (Å²) in [6.45, 7) is 6.16. The van der Waals surface area contributed by atoms with Gasteiger partial charge in [-0.25, -0.2) is 0 Å². The first kappa shape index (κ1) is 20.2. The molecule has 140 valence electrons. The van der Waals surface area contributed by atoms with Crippen molar-refractivity contribution in [1.29, 1.82) is 0 Å². The molecule has 1 heteroatoms. The first-order valence-electron chi connectivity index (χ1n) is 10.1. The third-order valence-corrected chi connectivity index (χ3v) is 15.2. The van der Waals surface area contributed by atoms with E-state index in [0.717, 1.165) is 0 Å². The number of hydrogen-bond acceptors (Lipinski definition) is 0. The van der Waals surface area contributed by atoms with Gasteiger partial charge in [-0.1, -0.05) is 13.8 Å². The molecular weight excluding hydrogens is 397 g/mol. The molecule has 4 aromatic rings. The number of benzene rings is 4. The van der Waals surface area contributed by atoms with Crippen LogP contribution in [-0.4, -0.2) is 13.3 Å². The molecule has 0 amide bonds. The molecule has 0 aliphatic carbocycles. The van der Waals surface area contributed by atoms with Gasteiger partial charge in [0.05, 0.1) is 0 Å². The van der Waals surface area contributed by atoms with Gasteiger partial charge in [0.25, 0.3) is 0 Å². The summed E-state index contributed by atoms with van der Waals surface area (Å²) < 4.78 is 5.87. The van der Waals surface area contributed by atoms with E-state index >= 15 is 0 Å². The molecule has 0 heterocycles. The van der Waals surface area contributed by atoms with Crippen LogP contribution in [-0.2, 0) is 0 Å². The Bertz CT molecular complexity index is 862. The summed E-state index contributed by atoms with van der Waals surface area (Å²) in [7, 11) is 0. The van der Waals surface area contributed by atoms with Crippen molar-refractivity contribution in [3.05, 3.63) is 121 Å². The van der Waals surface area contributed by atoms with Crippen LogP contribution in [0.5, 0.6) is 0 Å². The molecule has 0 unspecified atom stereocenters. The number of rotatable bonds is 4. The van der Waals surface area contributed by atoms with E-state index in [1.165, 1.54) is 23.1 Å². The van der Waals surface area contributed by atoms with Crippen LogP contribution in [0.15, 0.2) is 115 Å². The SMILES string of the molecule is CC.Cc1cc[c]([Ge]([c]2ccccc2)([c]2ccccc2)[c]2ccccc2)cc1. The molecule has 28 heavy (non-hydrogen) atoms. The molecule has 0 fully saturated rings. The molecule has 0 aliphatic heterocycles. The van der Waals surface area contributed by atoms with Crippen LogP contribution in [0.4, 0.5) is 0 Å². The van der Waals surface area contributed by atoms with E-state index in [2.05, 4.69) is 122 Å². The molecule has 4 rings (SSSR count). The molecule has 0 saturated carbocycles. The first-order chi connectivity index (χ1) is 13.8. The van der Waals surface area contributed by atoms with Gasteiger partial charge in [-0.3, -0.25) is 0 Å². The van der Waals surface area contributed by atoms with E-state index < -0.39 is 13.3 Å². The van der Waals surface area contributed by atoms with Crippen LogP contribution in [0.25, 0.3) is 0 Å². The number of aryl methyl sites for hydroxylation is 1. The second-order valence-corrected chi connectivity index (χ2v) is 14.7. The van der Waals surface area contributed by atoms with Gasteiger partial charge in [-0.2, -0.15) is 0 Å². The van der Waals surface area contributed by atoms with Crippen molar-refractivity contribution in [3.8, 4) is 0 Å². The monoisotopic (exact) mass is 426 g/mol. The summed E-state index contributed by atoms with van der Waals surface area (Å²) in [5, 5.41) is 0. The van der Waals surface area contributed by atoms with E-state index in [1.54, 1.807) is 0 Å². The Balaban J connectivity index is 0.00000109. The van der Waals surface area contributed by atoms with E-state index in [4.69, 9.17) is 0 Å². The van der Waals surface area contributed by atoms with Crippen LogP contribution in [0, 0.1) is 6.92 Å². The minimum atomic E-state index is -3.02. The Hall–Kier alpha value is -2.58. The Morgan fingerprint density at radius 1 is 0.393 bits per heavy atom. The minimum absolute atomic E-state index is 1.30. The van der Waals surface area contributed by atoms with Crippen LogP contribution < -0.4 is 17.6 Å². The summed E-state index contributed by atoms with van der Waals surface area (Å²) in [5.41, 5.74) is 1.30. The quantitative estimate of drug-likeness (QED) is 0.426. The average molecular weight is 425 g/mol. The topological polar surface area (TPSA) is 0 Å². The van der Waals surface area contributed by atoms with Gasteiger partial charge in [0.15, 0.2) is 0 Å². The molecular formula is C27H28Ge. The van der Waals surface area contributed by atoms with E-state index in [-0.39, 0.29) is 0 Å². The average Bonchev–Trinajstić information content (AvgIpc) is 2.79. The first-order valence-corrected chi connectivity index (χ1v) is 14.2. The predicted octanol–water partition coefficient (Wildman–Crippen LogP) is 4.40. The van der Waals surface area contributed by atoms with Crippen LogP contribution in [0.2, 0.25) is 0 Å². The Morgan fingerprint density at radius 2 is 0.679 bits per heavy atom. The fraction of sp³-hybridized carbons (Fsp3) is 0.111. The van der Waals surface area contributed by atoms with Gasteiger partial charge in [0.1, 0.15) is 0 Å². The van der Waals surface area contributed by atoms with E-state index in [0.29, 0.717) is 0 Å². The van der Waals surface area contributed by atoms with Crippen LogP contribution in [0.1, 0.15) is 19.4 Å². The molecule has 0 N–H and O–H groups in total. The van der Waals surface area contributed by atoms with Gasteiger partial charge < -0.3 is 0 Å². The summed E-state index contributed by atoms with van der Waals surface area (Å²) in [6, 6.07) is 42.5. The standard InChI is InChI=1S/C25H22Ge.C2H6/c1-21-17-19-25(20-18-21)26(22-11-5-2-6-12-22,23-13-7-3-8-14-23)24-15-9-4-10-16-24;1-2/h2-20H,1H3;1-2H3. The molecule has 0 aromatic heterocycles. The zero-order chi connectivity index (χ0) is 19.8. The fourth-order valence-electron chi connectivity index (χ4n) is 3.87. The van der Waals surface area contributed by atoms with Crippen molar-refractivity contribution in [1.82, 2.24) is 0 Å². The maximum atomic E-state index is 2.35. The van der Waals surface area contributed by atoms with Gasteiger partial charge in [0.2, 0.25) is 0 Å². The van der Waals surface area contributed by atoms with Crippen molar-refractivity contribution in [2.45, 2.75) is 20.8 Å². The van der Waals surface area contributed by atoms with E-state index in [9.17, 15) is 0 Å². The zero-order valence-electron chi connectivity index (χ0n) is 17.0. The summed E-state index contributed by atoms with van der Waals surface area (Å²) in [6.07, 6.45) is 0. The molecule has 0 radical (unpaired) electrons. The molecule has 4 aromatic carbocycles. The van der Waals surface area contributed by atoms with Gasteiger partial charge >= 0.3 is 159 Å². The normalized spacial score (nSPS) is 10.7. The number of hydrogen-bond donors (Lipinski definition) is 0. The van der Waals surface area contributed by atoms with Crippen LogP contribution >= 0.6 is 0 Å². The Morgan fingerprint density at radius 3 is 1.00 bits per heavy atom. The van der Waals surface area contributed by atoms with Gasteiger partial charge in [0, 0.05) is 0 Å². The third kappa shape index (κ3) is 3.83. The third-order valence-electron chi connectivity index (χ3n) is 5.10. The van der Waals surface area contributed by atoms with Crippen molar-refractivity contribution >= 4 is 30.8 Å². The summed E-state index contributed by atoms with van der Waals surface area (Å²) in [4.78, 5) is 0. The van der Waals surface area contributed by atoms with Crippen molar-refractivity contribution in [2.24, 2.45) is 0 Å². The van der Waals surface area contributed by atoms with Crippen molar-refractivity contribution in [3.63, 3.8) is 0 Å². The molecule has 0 atom stereocenters. The summed E-state index contributed by atoms with van der Waals surface area (Å²) in [5.74, 6) is 0. The summed E-state index contributed by atoms with van der Waals surface area (Å²) >= 11 is -3.02. The molecule has 0 nitrogen and oxygen atoms in total. The Kier molecular flexibility index (Phi) is 6.89. The van der Waals surface area contributed by atoms with E-state index in [1.807, 2.05) is 13.8 Å². The molecule has 0 bridgehead atoms. The Labute approximate surface area is 172 Å². The second-order valence-electron chi connectivity index (χ2n) is 6.71. The van der Waals surface area contributed by atoms with Gasteiger partial charge in [-0.15, -0.1) is 0 Å². The second kappa shape index (κ2) is 9.57. The van der Waals surface area contributed by atoms with Crippen LogP contribution in [0.3, 0.4) is 0 Å². The fourth-order valence-corrected chi connectivity index (χ4v) is 13.8. The van der Waals surface area contributed by atoms with Crippen molar-refractivity contribution < 1.29 is 0 Å². The predicted molar refractivity (Wildman–Crippen MR) is 126 cm³/mol. The molecule has 0 spiro atoms. The van der Waals surface area contributed by atoms with Crippen molar-refractivity contribution in [2.75, 3.05) is 0 Å². The molecule has 0 saturated heterocycles. The zero-order valence-corrected chi connectivity index (χ0v) is 19.1. The maximum absolute atomic E-state index is 3.02.